The molecular formula is C17H18N4O. The van der Waals surface area contributed by atoms with Crippen LogP contribution in [0.1, 0.15) is 29.4 Å². The van der Waals surface area contributed by atoms with E-state index in [2.05, 4.69) is 22.2 Å². The Morgan fingerprint density at radius 2 is 2.05 bits per heavy atom. The highest BCUT2D eigenvalue weighted by molar-refractivity contribution is 6.03. The van der Waals surface area contributed by atoms with E-state index in [1.165, 1.54) is 0 Å². The number of fused-ring (bicyclic) bond motifs is 1. The van der Waals surface area contributed by atoms with Gasteiger partial charge in [0.15, 0.2) is 0 Å². The van der Waals surface area contributed by atoms with Crippen LogP contribution < -0.4 is 5.32 Å². The van der Waals surface area contributed by atoms with Gasteiger partial charge in [0.2, 0.25) is 5.95 Å². The number of nitrogens with zero attached hydrogens (tertiary/aromatic N) is 3. The predicted octanol–water partition coefficient (Wildman–Crippen LogP) is 3.40. The monoisotopic (exact) mass is 294 g/mol. The zero-order valence-electron chi connectivity index (χ0n) is 12.7. The number of nitrogens with one attached hydrogen (secondary N) is 1. The Bertz CT molecular complexity index is 805. The molecule has 2 aromatic heterocycles. The molecule has 2 heterocycles. The average molecular weight is 294 g/mol. The minimum atomic E-state index is -0.194. The molecule has 1 aromatic carbocycles. The van der Waals surface area contributed by atoms with Crippen molar-refractivity contribution in [2.24, 2.45) is 0 Å². The van der Waals surface area contributed by atoms with Crippen molar-refractivity contribution in [3.05, 3.63) is 53.9 Å². The van der Waals surface area contributed by atoms with Gasteiger partial charge in [-0.2, -0.15) is 0 Å². The van der Waals surface area contributed by atoms with Gasteiger partial charge in [-0.1, -0.05) is 19.1 Å². The Morgan fingerprint density at radius 1 is 1.23 bits per heavy atom. The normalized spacial score (nSPS) is 10.8. The highest BCUT2D eigenvalue weighted by Crippen LogP contribution is 2.20. The minimum absolute atomic E-state index is 0.194. The summed E-state index contributed by atoms with van der Waals surface area (Å²) in [5.41, 5.74) is 3.32. The second kappa shape index (κ2) is 5.97. The lowest BCUT2D eigenvalue weighted by Gasteiger charge is -2.08. The van der Waals surface area contributed by atoms with Crippen LogP contribution in [0.3, 0.4) is 0 Å². The van der Waals surface area contributed by atoms with Crippen molar-refractivity contribution in [2.45, 2.75) is 26.8 Å². The van der Waals surface area contributed by atoms with E-state index in [1.807, 2.05) is 41.8 Å². The van der Waals surface area contributed by atoms with Crippen LogP contribution >= 0.6 is 0 Å². The molecule has 3 aromatic rings. The lowest BCUT2D eigenvalue weighted by molar-refractivity contribution is 0.102. The van der Waals surface area contributed by atoms with Crippen LogP contribution in [0.15, 0.2) is 42.6 Å². The topological polar surface area (TPSA) is 59.8 Å². The largest absolute Gasteiger partial charge is 0.310 e. The molecule has 0 saturated carbocycles. The van der Waals surface area contributed by atoms with Gasteiger partial charge >= 0.3 is 0 Å². The molecule has 3 rings (SSSR count). The highest BCUT2D eigenvalue weighted by atomic mass is 16.1. The number of rotatable bonds is 4. The summed E-state index contributed by atoms with van der Waals surface area (Å²) in [4.78, 5) is 21.0. The molecule has 112 valence electrons. The Labute approximate surface area is 129 Å². The maximum atomic E-state index is 12.4. The summed E-state index contributed by atoms with van der Waals surface area (Å²) in [5.74, 6) is 0.383. The van der Waals surface area contributed by atoms with Gasteiger partial charge in [0, 0.05) is 18.4 Å². The van der Waals surface area contributed by atoms with E-state index in [0.717, 1.165) is 29.7 Å². The SMILES string of the molecule is CCCn1c(NC(=O)c2ccc(C)nc2)nc2ccccc21. The van der Waals surface area contributed by atoms with Crippen LogP contribution in [0, 0.1) is 6.92 Å². The van der Waals surface area contributed by atoms with Crippen LogP contribution in [0.2, 0.25) is 0 Å². The van der Waals surface area contributed by atoms with Crippen molar-refractivity contribution in [2.75, 3.05) is 5.32 Å². The van der Waals surface area contributed by atoms with Gasteiger partial charge < -0.3 is 4.57 Å². The van der Waals surface area contributed by atoms with Gasteiger partial charge in [-0.3, -0.25) is 15.1 Å². The number of anilines is 1. The smallest absolute Gasteiger partial charge is 0.259 e. The molecule has 0 aliphatic heterocycles. The first kappa shape index (κ1) is 14.3. The number of aromatic nitrogens is 3. The number of benzene rings is 1. The molecule has 5 heteroatoms. The van der Waals surface area contributed by atoms with Gasteiger partial charge in [-0.25, -0.2) is 4.98 Å². The van der Waals surface area contributed by atoms with Crippen LogP contribution in [-0.2, 0) is 6.54 Å². The van der Waals surface area contributed by atoms with E-state index in [1.54, 1.807) is 12.3 Å². The average Bonchev–Trinajstić information content (AvgIpc) is 2.86. The van der Waals surface area contributed by atoms with E-state index >= 15 is 0 Å². The Balaban J connectivity index is 1.94. The Kier molecular flexibility index (Phi) is 3.87. The Morgan fingerprint density at radius 3 is 2.77 bits per heavy atom. The number of pyridine rings is 1. The van der Waals surface area contributed by atoms with Crippen LogP contribution in [0.5, 0.6) is 0 Å². The number of amides is 1. The summed E-state index contributed by atoms with van der Waals surface area (Å²) in [6.07, 6.45) is 2.55. The molecule has 0 spiro atoms. The van der Waals surface area contributed by atoms with Crippen molar-refractivity contribution in [3.8, 4) is 0 Å². The van der Waals surface area contributed by atoms with E-state index in [0.29, 0.717) is 11.5 Å². The van der Waals surface area contributed by atoms with Crippen molar-refractivity contribution in [1.29, 1.82) is 0 Å². The summed E-state index contributed by atoms with van der Waals surface area (Å²) in [6.45, 7) is 4.80. The lowest BCUT2D eigenvalue weighted by Crippen LogP contribution is -2.16. The molecule has 0 saturated heterocycles. The first-order valence-corrected chi connectivity index (χ1v) is 7.38. The maximum absolute atomic E-state index is 12.4. The summed E-state index contributed by atoms with van der Waals surface area (Å²) in [6, 6.07) is 11.5. The second-order valence-corrected chi connectivity index (χ2v) is 5.22. The number of hydrogen-bond acceptors (Lipinski definition) is 3. The standard InChI is InChI=1S/C17H18N4O/c1-3-10-21-15-7-5-4-6-14(15)19-17(21)20-16(22)13-9-8-12(2)18-11-13/h4-9,11H,3,10H2,1-2H3,(H,19,20,22). The molecule has 1 N–H and O–H groups in total. The lowest BCUT2D eigenvalue weighted by atomic mass is 10.2. The number of carbonyl (C=O) groups is 1. The Hall–Kier alpha value is -2.69. The van der Waals surface area contributed by atoms with Crippen molar-refractivity contribution >= 4 is 22.9 Å². The predicted molar refractivity (Wildman–Crippen MR) is 87.0 cm³/mol. The summed E-state index contributed by atoms with van der Waals surface area (Å²) >= 11 is 0. The summed E-state index contributed by atoms with van der Waals surface area (Å²) in [7, 11) is 0. The van der Waals surface area contributed by atoms with E-state index in [4.69, 9.17) is 0 Å². The van der Waals surface area contributed by atoms with Gasteiger partial charge in [-0.15, -0.1) is 0 Å². The van der Waals surface area contributed by atoms with E-state index < -0.39 is 0 Å². The molecule has 0 aliphatic carbocycles. The van der Waals surface area contributed by atoms with Crippen LogP contribution in [-0.4, -0.2) is 20.4 Å². The fraction of sp³-hybridized carbons (Fsp3) is 0.235. The highest BCUT2D eigenvalue weighted by Gasteiger charge is 2.13. The molecule has 22 heavy (non-hydrogen) atoms. The fourth-order valence-corrected chi connectivity index (χ4v) is 2.40. The second-order valence-electron chi connectivity index (χ2n) is 5.22. The third kappa shape index (κ3) is 2.70. The molecule has 5 nitrogen and oxygen atoms in total. The summed E-state index contributed by atoms with van der Waals surface area (Å²) in [5, 5.41) is 2.89. The number of para-hydroxylation sites is 2. The quantitative estimate of drug-likeness (QED) is 0.802. The minimum Gasteiger partial charge on any atom is -0.310 e. The molecule has 0 fully saturated rings. The van der Waals surface area contributed by atoms with E-state index in [-0.39, 0.29) is 5.91 Å². The molecule has 0 atom stereocenters. The molecule has 0 radical (unpaired) electrons. The zero-order valence-corrected chi connectivity index (χ0v) is 12.7. The molecule has 0 bridgehead atoms. The molecule has 1 amide bonds. The number of hydrogen-bond donors (Lipinski definition) is 1. The third-order valence-electron chi connectivity index (χ3n) is 3.50. The van der Waals surface area contributed by atoms with Crippen molar-refractivity contribution in [1.82, 2.24) is 14.5 Å². The van der Waals surface area contributed by atoms with Crippen molar-refractivity contribution < 1.29 is 4.79 Å². The van der Waals surface area contributed by atoms with Gasteiger partial charge in [0.1, 0.15) is 0 Å². The number of imidazole rings is 1. The van der Waals surface area contributed by atoms with Gasteiger partial charge in [0.25, 0.3) is 5.91 Å². The first-order chi connectivity index (χ1) is 10.7. The van der Waals surface area contributed by atoms with E-state index in [9.17, 15) is 4.79 Å². The third-order valence-corrected chi connectivity index (χ3v) is 3.50. The van der Waals surface area contributed by atoms with Crippen LogP contribution in [0.4, 0.5) is 5.95 Å². The van der Waals surface area contributed by atoms with Gasteiger partial charge in [0.05, 0.1) is 16.6 Å². The maximum Gasteiger partial charge on any atom is 0.259 e. The first-order valence-electron chi connectivity index (χ1n) is 7.38. The number of carbonyl (C=O) groups excluding carboxylic acids is 1. The zero-order chi connectivity index (χ0) is 15.5. The molecule has 0 unspecified atom stereocenters. The molecule has 0 aliphatic rings. The van der Waals surface area contributed by atoms with Crippen molar-refractivity contribution in [3.63, 3.8) is 0 Å². The molecular weight excluding hydrogens is 276 g/mol. The summed E-state index contributed by atoms with van der Waals surface area (Å²) < 4.78 is 2.04. The van der Waals surface area contributed by atoms with Gasteiger partial charge in [-0.05, 0) is 37.6 Å². The number of aryl methyl sites for hydroxylation is 2. The van der Waals surface area contributed by atoms with Crippen LogP contribution in [0.25, 0.3) is 11.0 Å². The fourth-order valence-electron chi connectivity index (χ4n) is 2.40.